The zero-order valence-electron chi connectivity index (χ0n) is 17.0. The van der Waals surface area contributed by atoms with E-state index < -0.39 is 0 Å². The van der Waals surface area contributed by atoms with Crippen LogP contribution in [-0.2, 0) is 16.1 Å². The van der Waals surface area contributed by atoms with Crippen molar-refractivity contribution in [2.24, 2.45) is 11.8 Å². The Balaban J connectivity index is 1.28. The van der Waals surface area contributed by atoms with E-state index in [-0.39, 0.29) is 18.6 Å². The van der Waals surface area contributed by atoms with Crippen molar-refractivity contribution < 1.29 is 14.3 Å². The summed E-state index contributed by atoms with van der Waals surface area (Å²) < 4.78 is 11.5. The highest BCUT2D eigenvalue weighted by Gasteiger charge is 2.31. The van der Waals surface area contributed by atoms with Gasteiger partial charge in [-0.25, -0.2) is 0 Å². The van der Waals surface area contributed by atoms with Crippen molar-refractivity contribution in [1.82, 2.24) is 5.32 Å². The number of rotatable bonds is 9. The van der Waals surface area contributed by atoms with Crippen molar-refractivity contribution in [2.75, 3.05) is 31.2 Å². The highest BCUT2D eigenvalue weighted by molar-refractivity contribution is 5.77. The molecule has 0 spiro atoms. The molecule has 154 valence electrons. The van der Waals surface area contributed by atoms with Gasteiger partial charge < -0.3 is 19.7 Å². The summed E-state index contributed by atoms with van der Waals surface area (Å²) in [5.74, 6) is 1.92. The van der Waals surface area contributed by atoms with Gasteiger partial charge in [-0.15, -0.1) is 0 Å². The number of nitrogens with one attached hydrogen (secondary N) is 1. The van der Waals surface area contributed by atoms with Crippen molar-refractivity contribution in [1.29, 1.82) is 0 Å². The molecular weight excluding hydrogens is 364 g/mol. The third-order valence-corrected chi connectivity index (χ3v) is 5.67. The van der Waals surface area contributed by atoms with Crippen molar-refractivity contribution in [3.8, 4) is 5.75 Å². The summed E-state index contributed by atoms with van der Waals surface area (Å²) in [6.45, 7) is 5.34. The molecule has 2 aromatic rings. The van der Waals surface area contributed by atoms with Gasteiger partial charge >= 0.3 is 0 Å². The number of anilines is 1. The van der Waals surface area contributed by atoms with Gasteiger partial charge in [0.25, 0.3) is 0 Å². The minimum atomic E-state index is -0.00991. The zero-order valence-corrected chi connectivity index (χ0v) is 17.0. The first-order valence-electron chi connectivity index (χ1n) is 10.6. The third-order valence-electron chi connectivity index (χ3n) is 5.67. The van der Waals surface area contributed by atoms with E-state index in [1.165, 1.54) is 12.8 Å². The molecule has 1 aliphatic carbocycles. The molecule has 1 N–H and O–H groups in total. The minimum absolute atomic E-state index is 0.00991. The Morgan fingerprint density at radius 3 is 2.72 bits per heavy atom. The van der Waals surface area contributed by atoms with Crippen LogP contribution < -0.4 is 15.0 Å². The molecule has 1 saturated carbocycles. The van der Waals surface area contributed by atoms with E-state index in [1.54, 1.807) is 0 Å². The first-order valence-corrected chi connectivity index (χ1v) is 10.6. The molecule has 1 aliphatic heterocycles. The fourth-order valence-corrected chi connectivity index (χ4v) is 3.73. The highest BCUT2D eigenvalue weighted by Crippen LogP contribution is 2.29. The second-order valence-corrected chi connectivity index (χ2v) is 8.29. The zero-order chi connectivity index (χ0) is 20.1. The lowest BCUT2D eigenvalue weighted by Gasteiger charge is -2.20. The Bertz CT molecular complexity index is 807. The Labute approximate surface area is 173 Å². The molecule has 0 aromatic heterocycles. The molecular formula is C24H30N2O3. The van der Waals surface area contributed by atoms with E-state index in [0.29, 0.717) is 18.4 Å². The number of carbonyl (C=O) groups excluding carboxylic acids is 1. The van der Waals surface area contributed by atoms with Crippen molar-refractivity contribution in [3.63, 3.8) is 0 Å². The first kappa shape index (κ1) is 19.8. The summed E-state index contributed by atoms with van der Waals surface area (Å²) in [5, 5.41) is 3.15. The molecule has 0 bridgehead atoms. The molecule has 1 amide bonds. The molecule has 0 radical (unpaired) electrons. The van der Waals surface area contributed by atoms with E-state index in [0.717, 1.165) is 36.7 Å². The Morgan fingerprint density at radius 2 is 1.93 bits per heavy atom. The monoisotopic (exact) mass is 394 g/mol. The van der Waals surface area contributed by atoms with Crippen LogP contribution in [0, 0.1) is 11.8 Å². The minimum Gasteiger partial charge on any atom is -0.489 e. The molecule has 5 nitrogen and oxygen atoms in total. The topological polar surface area (TPSA) is 50.8 Å². The van der Waals surface area contributed by atoms with Gasteiger partial charge in [0.1, 0.15) is 19.0 Å². The van der Waals surface area contributed by atoms with Gasteiger partial charge in [0.2, 0.25) is 5.91 Å². The van der Waals surface area contributed by atoms with Crippen LogP contribution in [0.2, 0.25) is 0 Å². The molecule has 29 heavy (non-hydrogen) atoms. The number of amides is 1. The lowest BCUT2D eigenvalue weighted by atomic mass is 10.1. The van der Waals surface area contributed by atoms with Crippen molar-refractivity contribution in [3.05, 3.63) is 60.2 Å². The predicted molar refractivity (Wildman–Crippen MR) is 114 cm³/mol. The van der Waals surface area contributed by atoms with E-state index in [1.807, 2.05) is 30.3 Å². The number of nitrogens with zero attached hydrogens (tertiary/aromatic N) is 1. The fourth-order valence-electron chi connectivity index (χ4n) is 3.73. The van der Waals surface area contributed by atoms with E-state index in [4.69, 9.17) is 9.47 Å². The lowest BCUT2D eigenvalue weighted by Crippen LogP contribution is -2.41. The van der Waals surface area contributed by atoms with Crippen LogP contribution in [0.3, 0.4) is 0 Å². The van der Waals surface area contributed by atoms with Gasteiger partial charge in [0, 0.05) is 24.8 Å². The normalized spacial score (nSPS) is 21.2. The molecule has 2 aromatic carbocycles. The van der Waals surface area contributed by atoms with Crippen LogP contribution >= 0.6 is 0 Å². The summed E-state index contributed by atoms with van der Waals surface area (Å²) in [6, 6.07) is 18.5. The van der Waals surface area contributed by atoms with Crippen molar-refractivity contribution in [2.45, 2.75) is 32.4 Å². The van der Waals surface area contributed by atoms with Gasteiger partial charge in [0.15, 0.2) is 0 Å². The number of ether oxygens (including phenoxy) is 2. The summed E-state index contributed by atoms with van der Waals surface area (Å²) >= 11 is 0. The first-order chi connectivity index (χ1) is 14.2. The van der Waals surface area contributed by atoms with Crippen LogP contribution in [0.15, 0.2) is 54.6 Å². The van der Waals surface area contributed by atoms with Gasteiger partial charge in [0.05, 0.1) is 12.6 Å². The van der Waals surface area contributed by atoms with Gasteiger partial charge in [-0.3, -0.25) is 4.79 Å². The Hall–Kier alpha value is -2.53. The summed E-state index contributed by atoms with van der Waals surface area (Å²) in [7, 11) is 0. The SMILES string of the molecule is C[C@H]1CN(c2cccc(OCc3ccccc3)c2)CC1NC(=O)COCC1CC1. The Morgan fingerprint density at radius 1 is 1.10 bits per heavy atom. The molecule has 5 heteroatoms. The maximum absolute atomic E-state index is 12.2. The average molecular weight is 395 g/mol. The van der Waals surface area contributed by atoms with E-state index in [9.17, 15) is 4.79 Å². The summed E-state index contributed by atoms with van der Waals surface area (Å²) in [4.78, 5) is 14.5. The molecule has 2 fully saturated rings. The molecule has 2 atom stereocenters. The molecule has 4 rings (SSSR count). The second kappa shape index (κ2) is 9.31. The van der Waals surface area contributed by atoms with Gasteiger partial charge in [-0.2, -0.15) is 0 Å². The van der Waals surface area contributed by atoms with Crippen LogP contribution in [0.5, 0.6) is 5.75 Å². The predicted octanol–water partition coefficient (Wildman–Crippen LogP) is 3.63. The molecule has 1 unspecified atom stereocenters. The fraction of sp³-hybridized carbons (Fsp3) is 0.458. The summed E-state index contributed by atoms with van der Waals surface area (Å²) in [5.41, 5.74) is 2.28. The van der Waals surface area contributed by atoms with E-state index >= 15 is 0 Å². The smallest absolute Gasteiger partial charge is 0.246 e. The van der Waals surface area contributed by atoms with Crippen molar-refractivity contribution >= 4 is 11.6 Å². The second-order valence-electron chi connectivity index (χ2n) is 8.29. The van der Waals surface area contributed by atoms with Crippen LogP contribution in [0.25, 0.3) is 0 Å². The number of hydrogen-bond donors (Lipinski definition) is 1. The van der Waals surface area contributed by atoms with Crippen LogP contribution in [-0.4, -0.2) is 38.3 Å². The van der Waals surface area contributed by atoms with E-state index in [2.05, 4.69) is 41.4 Å². The maximum atomic E-state index is 12.2. The molecule has 2 aliphatic rings. The number of benzene rings is 2. The molecule has 1 heterocycles. The average Bonchev–Trinajstić information content (AvgIpc) is 3.49. The van der Waals surface area contributed by atoms with Gasteiger partial charge in [-0.05, 0) is 42.4 Å². The van der Waals surface area contributed by atoms with Crippen LogP contribution in [0.4, 0.5) is 5.69 Å². The largest absolute Gasteiger partial charge is 0.489 e. The third kappa shape index (κ3) is 5.73. The Kier molecular flexibility index (Phi) is 6.35. The summed E-state index contributed by atoms with van der Waals surface area (Å²) in [6.07, 6.45) is 2.48. The van der Waals surface area contributed by atoms with Crippen LogP contribution in [0.1, 0.15) is 25.3 Å². The number of hydrogen-bond acceptors (Lipinski definition) is 4. The quantitative estimate of drug-likeness (QED) is 0.706. The van der Waals surface area contributed by atoms with Gasteiger partial charge in [-0.1, -0.05) is 43.3 Å². The highest BCUT2D eigenvalue weighted by atomic mass is 16.5. The standard InChI is InChI=1S/C24H30N2O3/c1-18-13-26(14-23(18)25-24(27)17-28-15-20-10-11-20)21-8-5-9-22(12-21)29-16-19-6-3-2-4-7-19/h2-9,12,18,20,23H,10-11,13-17H2,1H3,(H,25,27)/t18-,23?/m0/s1. The lowest BCUT2D eigenvalue weighted by molar-refractivity contribution is -0.126. The maximum Gasteiger partial charge on any atom is 0.246 e. The molecule has 1 saturated heterocycles. The number of carbonyl (C=O) groups is 1.